The van der Waals surface area contributed by atoms with Crippen LogP contribution in [0.4, 0.5) is 15.9 Å². The first-order chi connectivity index (χ1) is 15.3. The Bertz CT molecular complexity index is 936. The number of anilines is 2. The second kappa shape index (κ2) is 13.5. The van der Waals surface area contributed by atoms with Crippen LogP contribution in [-0.2, 0) is 36.9 Å². The van der Waals surface area contributed by atoms with Crippen molar-refractivity contribution in [2.24, 2.45) is 5.41 Å². The first kappa shape index (κ1) is 28.7. The third kappa shape index (κ3) is 8.87. The van der Waals surface area contributed by atoms with E-state index in [4.69, 9.17) is 11.2 Å². The van der Waals surface area contributed by atoms with Crippen molar-refractivity contribution in [3.63, 3.8) is 0 Å². The average molecular weight is 714 g/mol. The standard InChI is InChI=1S/C16H17FN3S2.C5H10.C4H7O.U/c17-16-12-9-22(21)8-11(12)5-6-13(16)18-15-7-14(19-20-15)10-3-1-2-4-10;1-5(2)3-4-5;1-2-3-4-5;/h1,5-7,10H,2-4,8-9H2,(H2,18,19,20);3-4H2,1-2H3;2-3H2,1H3;/q-1;;-1;+2. The van der Waals surface area contributed by atoms with Gasteiger partial charge in [0.05, 0.1) is 5.69 Å². The van der Waals surface area contributed by atoms with Gasteiger partial charge in [-0.25, -0.2) is 4.39 Å². The predicted octanol–water partition coefficient (Wildman–Crippen LogP) is 6.56. The van der Waals surface area contributed by atoms with E-state index in [1.54, 1.807) is 12.4 Å². The minimum atomic E-state index is -0.170. The molecule has 4 nitrogen and oxygen atoms in total. The molecule has 2 aliphatic carbocycles. The van der Waals surface area contributed by atoms with Crippen LogP contribution in [0.3, 0.4) is 0 Å². The monoisotopic (exact) mass is 713 g/mol. The Morgan fingerprint density at radius 3 is 2.64 bits per heavy atom. The summed E-state index contributed by atoms with van der Waals surface area (Å²) in [5.41, 5.74) is 4.21. The van der Waals surface area contributed by atoms with Crippen LogP contribution in [0, 0.1) is 48.8 Å². The predicted molar refractivity (Wildman–Crippen MR) is 135 cm³/mol. The normalized spacial score (nSPS) is 21.5. The number of H-pyrrole nitrogens is 1. The van der Waals surface area contributed by atoms with E-state index in [9.17, 15) is 9.18 Å². The number of halogens is 1. The van der Waals surface area contributed by atoms with Crippen LogP contribution in [0.5, 0.6) is 0 Å². The SMILES string of the molecule is CC1(C)CC1.CCC[C-]=O.Fc1c(Nc2cc(C3C[CH-]CC3)[nH]n2)ccc2c1CS(=S)C2.[U+2]. The molecule has 2 unspecified atom stereocenters. The van der Waals surface area contributed by atoms with Gasteiger partial charge >= 0.3 is 31.1 Å². The molecule has 33 heavy (non-hydrogen) atoms. The molecule has 5 rings (SSSR count). The Morgan fingerprint density at radius 2 is 2.09 bits per heavy atom. The van der Waals surface area contributed by atoms with Crippen molar-refractivity contribution < 1.29 is 40.3 Å². The van der Waals surface area contributed by atoms with Crippen molar-refractivity contribution in [2.45, 2.75) is 83.1 Å². The van der Waals surface area contributed by atoms with Crippen LogP contribution in [0.1, 0.15) is 88.5 Å². The van der Waals surface area contributed by atoms with Crippen molar-refractivity contribution >= 4 is 38.4 Å². The second-order valence-corrected chi connectivity index (χ2v) is 12.4. The summed E-state index contributed by atoms with van der Waals surface area (Å²) in [6, 6.07) is 5.78. The fourth-order valence-electron chi connectivity index (χ4n) is 3.57. The van der Waals surface area contributed by atoms with E-state index < -0.39 is 0 Å². The summed E-state index contributed by atoms with van der Waals surface area (Å²) in [5.74, 6) is 2.53. The van der Waals surface area contributed by atoms with E-state index >= 15 is 0 Å². The largest absolute Gasteiger partial charge is 2.00 e. The number of hydrogen-bond donors (Lipinski definition) is 2. The maximum atomic E-state index is 14.6. The van der Waals surface area contributed by atoms with Gasteiger partial charge in [-0.2, -0.15) is 24.4 Å². The Morgan fingerprint density at radius 1 is 1.36 bits per heavy atom. The van der Waals surface area contributed by atoms with Gasteiger partial charge in [-0.3, -0.25) is 11.4 Å². The fraction of sp³-hybridized carbons (Fsp3) is 0.560. The Labute approximate surface area is 228 Å². The van der Waals surface area contributed by atoms with Gasteiger partial charge in [0, 0.05) is 28.8 Å². The van der Waals surface area contributed by atoms with E-state index in [1.165, 1.54) is 12.8 Å². The number of rotatable bonds is 5. The van der Waals surface area contributed by atoms with Gasteiger partial charge in [0.15, 0.2) is 11.6 Å². The Balaban J connectivity index is 0.000000294. The minimum absolute atomic E-state index is 0. The Hall–Kier alpha value is -0.548. The molecular formula is C25H34FN3OS2U. The molecule has 1 aromatic carbocycles. The summed E-state index contributed by atoms with van der Waals surface area (Å²) in [7, 11) is -0.142. The zero-order valence-corrected chi connectivity index (χ0v) is 25.6. The van der Waals surface area contributed by atoms with Gasteiger partial charge in [-0.15, -0.1) is 9.45 Å². The molecule has 2 saturated carbocycles. The molecule has 2 fully saturated rings. The molecule has 1 aliphatic heterocycles. The molecule has 2 heterocycles. The molecule has 0 amide bonds. The number of nitrogens with one attached hydrogen (secondary N) is 2. The third-order valence-electron chi connectivity index (χ3n) is 6.03. The molecular weight excluding hydrogens is 679 g/mol. The number of unbranched alkanes of at least 4 members (excludes halogenated alkanes) is 1. The van der Waals surface area contributed by atoms with Crippen molar-refractivity contribution in [3.05, 3.63) is 47.3 Å². The zero-order valence-electron chi connectivity index (χ0n) is 19.8. The molecule has 0 spiro atoms. The Kier molecular flexibility index (Phi) is 11.8. The number of carbonyl (C=O) groups excluding carboxylic acids is 1. The fourth-order valence-corrected chi connectivity index (χ4v) is 5.66. The first-order valence-electron chi connectivity index (χ1n) is 11.5. The summed E-state index contributed by atoms with van der Waals surface area (Å²) in [6.07, 6.45) is 11.9. The summed E-state index contributed by atoms with van der Waals surface area (Å²) in [5, 5.41) is 10.4. The second-order valence-electron chi connectivity index (χ2n) is 9.48. The number of aromatic nitrogens is 2. The summed E-state index contributed by atoms with van der Waals surface area (Å²) < 4.78 is 14.6. The summed E-state index contributed by atoms with van der Waals surface area (Å²) in [6.45, 7) is 6.55. The number of nitrogens with zero attached hydrogens (tertiary/aromatic N) is 1. The summed E-state index contributed by atoms with van der Waals surface area (Å²) >= 11 is 5.32. The van der Waals surface area contributed by atoms with Crippen molar-refractivity contribution in [1.82, 2.24) is 10.2 Å². The van der Waals surface area contributed by atoms with Crippen LogP contribution in [-0.4, -0.2) is 16.5 Å². The molecule has 2 aromatic rings. The van der Waals surface area contributed by atoms with E-state index in [2.05, 4.69) is 35.8 Å². The molecule has 0 radical (unpaired) electrons. The molecule has 1 aromatic heterocycles. The quantitative estimate of drug-likeness (QED) is 0.345. The third-order valence-corrected chi connectivity index (χ3v) is 7.99. The molecule has 8 heteroatoms. The van der Waals surface area contributed by atoms with Crippen molar-refractivity contribution in [1.29, 1.82) is 0 Å². The summed E-state index contributed by atoms with van der Waals surface area (Å²) in [4.78, 5) is 9.28. The number of aromatic amines is 1. The maximum absolute atomic E-state index is 14.6. The van der Waals surface area contributed by atoms with Crippen LogP contribution >= 0.6 is 0 Å². The van der Waals surface area contributed by atoms with Crippen molar-refractivity contribution in [2.75, 3.05) is 5.32 Å². The van der Waals surface area contributed by atoms with Crippen LogP contribution in [0.2, 0.25) is 0 Å². The van der Waals surface area contributed by atoms with Gasteiger partial charge in [-0.1, -0.05) is 50.9 Å². The minimum Gasteiger partial charge on any atom is -0.542 e. The van der Waals surface area contributed by atoms with E-state index in [0.717, 1.165) is 53.7 Å². The van der Waals surface area contributed by atoms with E-state index in [0.29, 0.717) is 29.6 Å². The molecule has 3 aliphatic rings. The smallest absolute Gasteiger partial charge is 0.542 e. The topological polar surface area (TPSA) is 57.8 Å². The van der Waals surface area contributed by atoms with Crippen LogP contribution in [0.15, 0.2) is 18.2 Å². The zero-order chi connectivity index (χ0) is 23.1. The molecule has 178 valence electrons. The van der Waals surface area contributed by atoms with Crippen LogP contribution < -0.4 is 5.32 Å². The van der Waals surface area contributed by atoms with E-state index in [-0.39, 0.29) is 46.4 Å². The number of hydrogen-bond acceptors (Lipinski definition) is 4. The molecule has 0 saturated heterocycles. The molecule has 0 bridgehead atoms. The first-order valence-corrected chi connectivity index (χ1v) is 14.0. The van der Waals surface area contributed by atoms with Gasteiger partial charge in [0.25, 0.3) is 0 Å². The average Bonchev–Trinajstić information content (AvgIpc) is 3.24. The number of benzene rings is 1. The van der Waals surface area contributed by atoms with Crippen molar-refractivity contribution in [3.8, 4) is 0 Å². The van der Waals surface area contributed by atoms with Crippen LogP contribution in [0.25, 0.3) is 0 Å². The van der Waals surface area contributed by atoms with E-state index in [1.807, 2.05) is 19.1 Å². The molecule has 2 atom stereocenters. The van der Waals surface area contributed by atoms with Gasteiger partial charge in [0.1, 0.15) is 0 Å². The maximum Gasteiger partial charge on any atom is 2.00 e. The molecule has 2 N–H and O–H groups in total. The van der Waals surface area contributed by atoms with Gasteiger partial charge in [-0.05, 0) is 35.8 Å². The van der Waals surface area contributed by atoms with Gasteiger partial charge < -0.3 is 16.5 Å². The van der Waals surface area contributed by atoms with Gasteiger partial charge in [0.2, 0.25) is 0 Å². The number of fused-ring (bicyclic) bond motifs is 1.